The lowest BCUT2D eigenvalue weighted by molar-refractivity contribution is 1.11. The van der Waals surface area contributed by atoms with Gasteiger partial charge in [0.15, 0.2) is 0 Å². The van der Waals surface area contributed by atoms with Gasteiger partial charge in [0.1, 0.15) is 0 Å². The van der Waals surface area contributed by atoms with Crippen molar-refractivity contribution < 1.29 is 0 Å². The first-order valence-corrected chi connectivity index (χ1v) is 9.60. The van der Waals surface area contributed by atoms with Gasteiger partial charge in [-0.3, -0.25) is 0 Å². The van der Waals surface area contributed by atoms with Crippen molar-refractivity contribution in [1.29, 1.82) is 0 Å². The van der Waals surface area contributed by atoms with Gasteiger partial charge in [0.05, 0.1) is 0 Å². The van der Waals surface area contributed by atoms with E-state index in [1.807, 2.05) is 23.5 Å². The highest BCUT2D eigenvalue weighted by Crippen LogP contribution is 2.17. The molecule has 0 saturated heterocycles. The zero-order valence-electron chi connectivity index (χ0n) is 10.5. The topological polar surface area (TPSA) is 0 Å². The molecule has 0 radical (unpaired) electrons. The van der Waals surface area contributed by atoms with Gasteiger partial charge in [0.2, 0.25) is 0 Å². The van der Waals surface area contributed by atoms with Crippen LogP contribution in [0.1, 0.15) is 24.0 Å². The van der Waals surface area contributed by atoms with Crippen LogP contribution in [0.2, 0.25) is 0 Å². The first-order chi connectivity index (χ1) is 8.86. The zero-order chi connectivity index (χ0) is 13.1. The van der Waals surface area contributed by atoms with E-state index in [0.717, 1.165) is 47.6 Å². The Balaban J connectivity index is 2.20. The fraction of sp³-hybridized carbons (Fsp3) is 0.571. The third-order valence-corrected chi connectivity index (χ3v) is 5.17. The summed E-state index contributed by atoms with van der Waals surface area (Å²) in [6.07, 6.45) is 2.20. The molecule has 0 bridgehead atoms. The average molecular weight is 323 g/mol. The highest BCUT2D eigenvalue weighted by atomic mass is 35.5. The van der Waals surface area contributed by atoms with Gasteiger partial charge in [-0.2, -0.15) is 23.5 Å². The fourth-order valence-electron chi connectivity index (χ4n) is 1.42. The lowest BCUT2D eigenvalue weighted by atomic mass is 10.2. The Bertz CT molecular complexity index is 270. The SMILES string of the molecule is ClCCCSCc1ccc(CSCCCCl)cc1. The van der Waals surface area contributed by atoms with Gasteiger partial charge >= 0.3 is 0 Å². The minimum atomic E-state index is 0.769. The van der Waals surface area contributed by atoms with Crippen LogP contribution in [0.3, 0.4) is 0 Å². The number of rotatable bonds is 10. The summed E-state index contributed by atoms with van der Waals surface area (Å²) >= 11 is 15.2. The van der Waals surface area contributed by atoms with E-state index in [9.17, 15) is 0 Å². The molecule has 0 saturated carbocycles. The first kappa shape index (κ1) is 16.6. The smallest absolute Gasteiger partial charge is 0.0231 e. The van der Waals surface area contributed by atoms with Crippen molar-refractivity contribution >= 4 is 46.7 Å². The molecule has 0 unspecified atom stereocenters. The van der Waals surface area contributed by atoms with Crippen LogP contribution >= 0.6 is 46.7 Å². The molecule has 1 aromatic rings. The standard InChI is InChI=1S/C14H20Cl2S2/c15-7-1-9-17-11-13-3-5-14(6-4-13)12-18-10-2-8-16/h3-6H,1-2,7-12H2. The van der Waals surface area contributed by atoms with Crippen LogP contribution in [0, 0.1) is 0 Å². The number of hydrogen-bond acceptors (Lipinski definition) is 2. The molecule has 0 heterocycles. The molecule has 1 rings (SSSR count). The van der Waals surface area contributed by atoms with Crippen LogP contribution in [0.15, 0.2) is 24.3 Å². The summed E-state index contributed by atoms with van der Waals surface area (Å²) in [6.45, 7) is 0. The van der Waals surface area contributed by atoms with Crippen molar-refractivity contribution in [2.45, 2.75) is 24.3 Å². The van der Waals surface area contributed by atoms with Crippen LogP contribution in [-0.4, -0.2) is 23.3 Å². The lowest BCUT2D eigenvalue weighted by Gasteiger charge is -2.04. The minimum absolute atomic E-state index is 0.769. The third-order valence-electron chi connectivity index (χ3n) is 2.41. The number of hydrogen-bond donors (Lipinski definition) is 0. The van der Waals surface area contributed by atoms with E-state index in [4.69, 9.17) is 23.2 Å². The van der Waals surface area contributed by atoms with E-state index >= 15 is 0 Å². The van der Waals surface area contributed by atoms with Crippen LogP contribution < -0.4 is 0 Å². The monoisotopic (exact) mass is 322 g/mol. The maximum Gasteiger partial charge on any atom is 0.0231 e. The van der Waals surface area contributed by atoms with Gasteiger partial charge in [0, 0.05) is 23.3 Å². The predicted molar refractivity (Wildman–Crippen MR) is 89.4 cm³/mol. The predicted octanol–water partition coefficient (Wildman–Crippen LogP) is 5.41. The van der Waals surface area contributed by atoms with E-state index in [1.165, 1.54) is 11.1 Å². The van der Waals surface area contributed by atoms with Gasteiger partial charge in [-0.25, -0.2) is 0 Å². The number of alkyl halides is 2. The summed E-state index contributed by atoms with van der Waals surface area (Å²) < 4.78 is 0. The Labute approximate surface area is 129 Å². The summed E-state index contributed by atoms with van der Waals surface area (Å²) in [7, 11) is 0. The first-order valence-electron chi connectivity index (χ1n) is 6.22. The molecule has 4 heteroatoms. The quantitative estimate of drug-likeness (QED) is 0.417. The molecule has 0 aliphatic heterocycles. The largest absolute Gasteiger partial charge is 0.157 e. The third kappa shape index (κ3) is 7.83. The summed E-state index contributed by atoms with van der Waals surface area (Å²) in [6, 6.07) is 8.96. The van der Waals surface area contributed by atoms with E-state index < -0.39 is 0 Å². The summed E-state index contributed by atoms with van der Waals surface area (Å²) in [4.78, 5) is 0. The fourth-order valence-corrected chi connectivity index (χ4v) is 3.85. The van der Waals surface area contributed by atoms with Crippen molar-refractivity contribution in [1.82, 2.24) is 0 Å². The van der Waals surface area contributed by atoms with E-state index in [1.54, 1.807) is 0 Å². The van der Waals surface area contributed by atoms with Crippen molar-refractivity contribution in [3.8, 4) is 0 Å². The molecule has 102 valence electrons. The maximum atomic E-state index is 5.65. The molecule has 0 atom stereocenters. The van der Waals surface area contributed by atoms with Gasteiger partial charge in [0.25, 0.3) is 0 Å². The molecule has 0 aliphatic rings. The van der Waals surface area contributed by atoms with Crippen molar-refractivity contribution in [3.63, 3.8) is 0 Å². The average Bonchev–Trinajstić information content (AvgIpc) is 2.41. The van der Waals surface area contributed by atoms with E-state index in [2.05, 4.69) is 24.3 Å². The highest BCUT2D eigenvalue weighted by molar-refractivity contribution is 7.98. The van der Waals surface area contributed by atoms with Gasteiger partial charge < -0.3 is 0 Å². The summed E-state index contributed by atoms with van der Waals surface area (Å²) in [5.74, 6) is 6.03. The second-order valence-corrected chi connectivity index (χ2v) is 6.97. The number of thioether (sulfide) groups is 2. The lowest BCUT2D eigenvalue weighted by Crippen LogP contribution is -1.87. The summed E-state index contributed by atoms with van der Waals surface area (Å²) in [5, 5.41) is 0. The molecule has 1 aromatic carbocycles. The second-order valence-electron chi connectivity index (χ2n) is 4.01. The Morgan fingerprint density at radius 2 is 1.11 bits per heavy atom. The molecule has 0 fully saturated rings. The van der Waals surface area contributed by atoms with Crippen LogP contribution in [-0.2, 0) is 11.5 Å². The maximum absolute atomic E-state index is 5.65. The molecular weight excluding hydrogens is 303 g/mol. The number of halogens is 2. The number of benzene rings is 1. The minimum Gasteiger partial charge on any atom is -0.157 e. The van der Waals surface area contributed by atoms with Crippen molar-refractivity contribution in [2.24, 2.45) is 0 Å². The van der Waals surface area contributed by atoms with Crippen LogP contribution in [0.4, 0.5) is 0 Å². The Kier molecular flexibility index (Phi) is 10.4. The molecule has 0 nitrogen and oxygen atoms in total. The Morgan fingerprint density at radius 3 is 1.44 bits per heavy atom. The molecular formula is C14H20Cl2S2. The Hall–Kier alpha value is 0.500. The molecule has 0 aliphatic carbocycles. The van der Waals surface area contributed by atoms with E-state index in [0.29, 0.717) is 0 Å². The van der Waals surface area contributed by atoms with Crippen molar-refractivity contribution in [3.05, 3.63) is 35.4 Å². The van der Waals surface area contributed by atoms with E-state index in [-0.39, 0.29) is 0 Å². The molecule has 0 aromatic heterocycles. The van der Waals surface area contributed by atoms with Crippen LogP contribution in [0.25, 0.3) is 0 Å². The zero-order valence-corrected chi connectivity index (χ0v) is 13.7. The molecule has 0 N–H and O–H groups in total. The van der Waals surface area contributed by atoms with Gasteiger partial charge in [-0.15, -0.1) is 23.2 Å². The Morgan fingerprint density at radius 1 is 0.722 bits per heavy atom. The molecule has 0 spiro atoms. The summed E-state index contributed by atoms with van der Waals surface area (Å²) in [5.41, 5.74) is 2.81. The molecule has 0 amide bonds. The second kappa shape index (κ2) is 11.3. The van der Waals surface area contributed by atoms with Crippen LogP contribution in [0.5, 0.6) is 0 Å². The highest BCUT2D eigenvalue weighted by Gasteiger charge is 1.96. The van der Waals surface area contributed by atoms with Gasteiger partial charge in [-0.05, 0) is 35.5 Å². The molecule has 18 heavy (non-hydrogen) atoms. The van der Waals surface area contributed by atoms with Crippen molar-refractivity contribution in [2.75, 3.05) is 23.3 Å². The normalized spacial score (nSPS) is 10.8. The van der Waals surface area contributed by atoms with Gasteiger partial charge in [-0.1, -0.05) is 24.3 Å².